The largest absolute Gasteiger partial charge is 0.355 e. The molecule has 0 aliphatic carbocycles. The van der Waals surface area contributed by atoms with Crippen molar-refractivity contribution in [1.29, 1.82) is 0 Å². The van der Waals surface area contributed by atoms with E-state index in [-0.39, 0.29) is 12.5 Å². The SMILES string of the molecule is CCCCNC(=O)CN1C(=O)N[C@@](CC)(c2ccc(Cl)cc2)C1=O. The standard InChI is InChI=1S/C17H22ClN3O3/c1-3-5-10-19-14(22)11-21-15(23)17(4-2,20-16(21)24)12-6-8-13(18)9-7-12/h6-9H,3-5,10-11H2,1-2H3,(H,19,22)(H,20,24)/t17-/m0/s1. The van der Waals surface area contributed by atoms with Crippen LogP contribution in [0.3, 0.4) is 0 Å². The Kier molecular flexibility index (Phi) is 5.83. The molecule has 1 aliphatic rings. The highest BCUT2D eigenvalue weighted by Gasteiger charge is 2.51. The quantitative estimate of drug-likeness (QED) is 0.585. The summed E-state index contributed by atoms with van der Waals surface area (Å²) >= 11 is 5.89. The molecule has 4 amide bonds. The van der Waals surface area contributed by atoms with Crippen molar-refractivity contribution in [3.63, 3.8) is 0 Å². The van der Waals surface area contributed by atoms with Crippen molar-refractivity contribution in [3.05, 3.63) is 34.9 Å². The van der Waals surface area contributed by atoms with Crippen molar-refractivity contribution in [1.82, 2.24) is 15.5 Å². The molecule has 1 fully saturated rings. The van der Waals surface area contributed by atoms with E-state index in [4.69, 9.17) is 11.6 Å². The van der Waals surface area contributed by atoms with Gasteiger partial charge in [0.25, 0.3) is 5.91 Å². The molecule has 0 saturated carbocycles. The summed E-state index contributed by atoms with van der Waals surface area (Å²) in [5.74, 6) is -0.752. The van der Waals surface area contributed by atoms with Gasteiger partial charge >= 0.3 is 6.03 Å². The van der Waals surface area contributed by atoms with Gasteiger partial charge < -0.3 is 10.6 Å². The van der Waals surface area contributed by atoms with Gasteiger partial charge in [-0.15, -0.1) is 0 Å². The summed E-state index contributed by atoms with van der Waals surface area (Å²) in [5.41, 5.74) is -0.493. The molecule has 0 unspecified atom stereocenters. The van der Waals surface area contributed by atoms with Gasteiger partial charge in [0.05, 0.1) is 0 Å². The van der Waals surface area contributed by atoms with Crippen LogP contribution in [0.5, 0.6) is 0 Å². The summed E-state index contributed by atoms with van der Waals surface area (Å²) in [6.45, 7) is 4.10. The summed E-state index contributed by atoms with van der Waals surface area (Å²) in [6, 6.07) is 6.23. The van der Waals surface area contributed by atoms with E-state index in [1.165, 1.54) is 0 Å². The van der Waals surface area contributed by atoms with Crippen LogP contribution < -0.4 is 10.6 Å². The molecule has 0 aromatic heterocycles. The molecule has 1 saturated heterocycles. The monoisotopic (exact) mass is 351 g/mol. The van der Waals surface area contributed by atoms with Gasteiger partial charge in [0.1, 0.15) is 12.1 Å². The zero-order valence-corrected chi connectivity index (χ0v) is 14.7. The number of urea groups is 1. The molecule has 2 N–H and O–H groups in total. The average Bonchev–Trinajstić information content (AvgIpc) is 2.81. The highest BCUT2D eigenvalue weighted by Crippen LogP contribution is 2.32. The number of benzene rings is 1. The number of nitrogens with zero attached hydrogens (tertiary/aromatic N) is 1. The minimum atomic E-state index is -1.15. The summed E-state index contributed by atoms with van der Waals surface area (Å²) in [6.07, 6.45) is 2.20. The third kappa shape index (κ3) is 3.53. The van der Waals surface area contributed by atoms with Gasteiger partial charge in [-0.2, -0.15) is 0 Å². The summed E-state index contributed by atoms with van der Waals surface area (Å²) < 4.78 is 0. The second kappa shape index (κ2) is 7.66. The molecule has 0 spiro atoms. The first-order chi connectivity index (χ1) is 11.4. The Bertz CT molecular complexity index is 632. The van der Waals surface area contributed by atoms with Crippen LogP contribution in [0.25, 0.3) is 0 Å². The van der Waals surface area contributed by atoms with Crippen molar-refractivity contribution >= 4 is 29.4 Å². The minimum absolute atomic E-state index is 0.274. The molecule has 0 radical (unpaired) electrons. The maximum Gasteiger partial charge on any atom is 0.325 e. The van der Waals surface area contributed by atoms with Crippen molar-refractivity contribution in [2.24, 2.45) is 0 Å². The molecule has 0 bridgehead atoms. The lowest BCUT2D eigenvalue weighted by Gasteiger charge is -2.25. The molecular weight excluding hydrogens is 330 g/mol. The number of halogens is 1. The van der Waals surface area contributed by atoms with E-state index in [1.807, 2.05) is 13.8 Å². The normalized spacial score (nSPS) is 20.2. The number of hydrogen-bond donors (Lipinski definition) is 2. The number of rotatable bonds is 7. The van der Waals surface area contributed by atoms with Crippen LogP contribution in [0.15, 0.2) is 24.3 Å². The lowest BCUT2D eigenvalue weighted by atomic mass is 9.87. The van der Waals surface area contributed by atoms with E-state index in [1.54, 1.807) is 24.3 Å². The number of carbonyl (C=O) groups excluding carboxylic acids is 3. The number of unbranched alkanes of at least 4 members (excludes halogenated alkanes) is 1. The Morgan fingerprint density at radius 2 is 1.92 bits per heavy atom. The second-order valence-corrected chi connectivity index (χ2v) is 6.23. The predicted octanol–water partition coefficient (Wildman–Crippen LogP) is 2.41. The number of amides is 4. The predicted molar refractivity (Wildman–Crippen MR) is 91.6 cm³/mol. The van der Waals surface area contributed by atoms with Crippen LogP contribution >= 0.6 is 11.6 Å². The Morgan fingerprint density at radius 3 is 2.50 bits per heavy atom. The Balaban J connectivity index is 2.16. The van der Waals surface area contributed by atoms with E-state index in [0.29, 0.717) is 23.6 Å². The second-order valence-electron chi connectivity index (χ2n) is 5.79. The molecule has 24 heavy (non-hydrogen) atoms. The summed E-state index contributed by atoms with van der Waals surface area (Å²) in [7, 11) is 0. The number of carbonyl (C=O) groups is 3. The van der Waals surface area contributed by atoms with Crippen molar-refractivity contribution < 1.29 is 14.4 Å². The smallest absolute Gasteiger partial charge is 0.325 e. The molecule has 2 rings (SSSR count). The molecule has 6 nitrogen and oxygen atoms in total. The maximum absolute atomic E-state index is 12.8. The lowest BCUT2D eigenvalue weighted by Crippen LogP contribution is -2.44. The van der Waals surface area contributed by atoms with Crippen LogP contribution in [0, 0.1) is 0 Å². The highest BCUT2D eigenvalue weighted by atomic mass is 35.5. The van der Waals surface area contributed by atoms with E-state index in [2.05, 4.69) is 10.6 Å². The molecule has 1 aromatic carbocycles. The van der Waals surface area contributed by atoms with E-state index >= 15 is 0 Å². The molecule has 7 heteroatoms. The van der Waals surface area contributed by atoms with Gasteiger partial charge in [-0.05, 0) is 30.5 Å². The fourth-order valence-electron chi connectivity index (χ4n) is 2.75. The molecular formula is C17H22ClN3O3. The number of hydrogen-bond acceptors (Lipinski definition) is 3. The van der Waals surface area contributed by atoms with Gasteiger partial charge in [-0.25, -0.2) is 4.79 Å². The first kappa shape index (κ1) is 18.3. The topological polar surface area (TPSA) is 78.5 Å². The molecule has 130 valence electrons. The average molecular weight is 352 g/mol. The Hall–Kier alpha value is -2.08. The van der Waals surface area contributed by atoms with Crippen molar-refractivity contribution in [3.8, 4) is 0 Å². The van der Waals surface area contributed by atoms with Crippen LogP contribution in [-0.2, 0) is 15.1 Å². The molecule has 1 aromatic rings. The maximum atomic E-state index is 12.8. The molecule has 1 atom stereocenters. The molecule has 1 aliphatic heterocycles. The van der Waals surface area contributed by atoms with Crippen LogP contribution in [0.1, 0.15) is 38.7 Å². The van der Waals surface area contributed by atoms with Crippen molar-refractivity contribution in [2.75, 3.05) is 13.1 Å². The third-order valence-corrected chi connectivity index (χ3v) is 4.45. The number of imide groups is 1. The minimum Gasteiger partial charge on any atom is -0.355 e. The first-order valence-corrected chi connectivity index (χ1v) is 8.49. The van der Waals surface area contributed by atoms with Crippen molar-refractivity contribution in [2.45, 2.75) is 38.6 Å². The van der Waals surface area contributed by atoms with E-state index in [0.717, 1.165) is 17.7 Å². The van der Waals surface area contributed by atoms with Gasteiger partial charge in [0, 0.05) is 11.6 Å². The van der Waals surface area contributed by atoms with Gasteiger partial charge in [0.15, 0.2) is 0 Å². The Morgan fingerprint density at radius 1 is 1.25 bits per heavy atom. The van der Waals surface area contributed by atoms with E-state index in [9.17, 15) is 14.4 Å². The van der Waals surface area contributed by atoms with Gasteiger partial charge in [-0.1, -0.05) is 44.0 Å². The zero-order valence-electron chi connectivity index (χ0n) is 13.9. The highest BCUT2D eigenvalue weighted by molar-refractivity contribution is 6.30. The molecule has 1 heterocycles. The number of nitrogens with one attached hydrogen (secondary N) is 2. The fourth-order valence-corrected chi connectivity index (χ4v) is 2.87. The van der Waals surface area contributed by atoms with Crippen LogP contribution in [-0.4, -0.2) is 35.8 Å². The Labute approximate surface area is 146 Å². The van der Waals surface area contributed by atoms with Gasteiger partial charge in [-0.3, -0.25) is 14.5 Å². The van der Waals surface area contributed by atoms with Gasteiger partial charge in [0.2, 0.25) is 5.91 Å². The summed E-state index contributed by atoms with van der Waals surface area (Å²) in [5, 5.41) is 6.00. The fraction of sp³-hybridized carbons (Fsp3) is 0.471. The van der Waals surface area contributed by atoms with Crippen LogP contribution in [0.4, 0.5) is 4.79 Å². The zero-order chi connectivity index (χ0) is 17.7. The van der Waals surface area contributed by atoms with E-state index < -0.39 is 17.5 Å². The third-order valence-electron chi connectivity index (χ3n) is 4.20. The van der Waals surface area contributed by atoms with Crippen LogP contribution in [0.2, 0.25) is 5.02 Å². The lowest BCUT2D eigenvalue weighted by molar-refractivity contribution is -0.135. The first-order valence-electron chi connectivity index (χ1n) is 8.11. The summed E-state index contributed by atoms with van der Waals surface area (Å²) in [4.78, 5) is 38.0.